The van der Waals surface area contributed by atoms with Crippen LogP contribution < -0.4 is 5.32 Å². The molecule has 0 aromatic carbocycles. The van der Waals surface area contributed by atoms with Crippen LogP contribution in [0.4, 0.5) is 0 Å². The van der Waals surface area contributed by atoms with Crippen LogP contribution in [-0.2, 0) is 16.0 Å². The van der Waals surface area contributed by atoms with Crippen molar-refractivity contribution in [3.8, 4) is 0 Å². The zero-order valence-corrected chi connectivity index (χ0v) is 12.9. The number of nitrogens with one attached hydrogen (secondary N) is 1. The summed E-state index contributed by atoms with van der Waals surface area (Å²) in [5.74, 6) is -1.33. The quantitative estimate of drug-likeness (QED) is 0.608. The van der Waals surface area contributed by atoms with Crippen LogP contribution in [0.25, 0.3) is 0 Å². The largest absolute Gasteiger partial charge is 0.480 e. The second-order valence-electron chi connectivity index (χ2n) is 4.49. The molecule has 0 radical (unpaired) electrons. The van der Waals surface area contributed by atoms with Crippen molar-refractivity contribution in [2.24, 2.45) is 0 Å². The van der Waals surface area contributed by atoms with Crippen molar-refractivity contribution < 1.29 is 14.7 Å². The first-order valence-corrected chi connectivity index (χ1v) is 7.48. The fourth-order valence-corrected chi connectivity index (χ4v) is 2.23. The molecule has 0 aliphatic heterocycles. The normalized spacial score (nSPS) is 12.0. The molecule has 0 saturated heterocycles. The number of carbonyl (C=O) groups is 2. The third kappa shape index (κ3) is 4.48. The highest BCUT2D eigenvalue weighted by Gasteiger charge is 2.15. The minimum Gasteiger partial charge on any atom is -0.480 e. The van der Waals surface area contributed by atoms with Crippen LogP contribution in [0.15, 0.2) is 5.16 Å². The SMILES string of the molecule is CSc1nc(C)c(CCC(=O)N[C@@H](C)C(=O)O)c(C)n1. The summed E-state index contributed by atoms with van der Waals surface area (Å²) in [6, 6.07) is -0.875. The Kier molecular flexibility index (Phi) is 5.94. The first-order valence-electron chi connectivity index (χ1n) is 6.25. The van der Waals surface area contributed by atoms with E-state index in [4.69, 9.17) is 5.11 Å². The molecule has 7 heteroatoms. The van der Waals surface area contributed by atoms with Gasteiger partial charge >= 0.3 is 5.97 Å². The monoisotopic (exact) mass is 297 g/mol. The Balaban J connectivity index is 2.66. The number of rotatable bonds is 6. The van der Waals surface area contributed by atoms with E-state index in [1.807, 2.05) is 20.1 Å². The van der Waals surface area contributed by atoms with E-state index in [1.54, 1.807) is 0 Å². The average molecular weight is 297 g/mol. The van der Waals surface area contributed by atoms with Crippen LogP contribution in [-0.4, -0.2) is 39.2 Å². The molecule has 0 bridgehead atoms. The maximum absolute atomic E-state index is 11.7. The fraction of sp³-hybridized carbons (Fsp3) is 0.538. The Morgan fingerprint density at radius 1 is 1.30 bits per heavy atom. The molecule has 0 unspecified atom stereocenters. The Hall–Kier alpha value is -1.63. The number of carbonyl (C=O) groups excluding carboxylic acids is 1. The summed E-state index contributed by atoms with van der Waals surface area (Å²) in [7, 11) is 0. The lowest BCUT2D eigenvalue weighted by Gasteiger charge is -2.11. The van der Waals surface area contributed by atoms with Gasteiger partial charge in [-0.1, -0.05) is 11.8 Å². The van der Waals surface area contributed by atoms with E-state index >= 15 is 0 Å². The lowest BCUT2D eigenvalue weighted by molar-refractivity contribution is -0.141. The molecule has 110 valence electrons. The number of thioether (sulfide) groups is 1. The number of aromatic nitrogens is 2. The van der Waals surface area contributed by atoms with Gasteiger partial charge in [0.2, 0.25) is 5.91 Å². The number of hydrogen-bond acceptors (Lipinski definition) is 5. The van der Waals surface area contributed by atoms with Gasteiger partial charge in [0.1, 0.15) is 6.04 Å². The summed E-state index contributed by atoms with van der Waals surface area (Å²) in [5.41, 5.74) is 2.67. The van der Waals surface area contributed by atoms with Gasteiger partial charge in [-0.25, -0.2) is 9.97 Å². The minimum absolute atomic E-state index is 0.223. The average Bonchev–Trinajstić information content (AvgIpc) is 2.37. The predicted molar refractivity (Wildman–Crippen MR) is 76.8 cm³/mol. The zero-order valence-electron chi connectivity index (χ0n) is 12.1. The molecular formula is C13H19N3O3S. The Morgan fingerprint density at radius 3 is 2.30 bits per heavy atom. The second-order valence-corrected chi connectivity index (χ2v) is 5.26. The van der Waals surface area contributed by atoms with Gasteiger partial charge < -0.3 is 10.4 Å². The third-order valence-corrected chi connectivity index (χ3v) is 3.48. The molecule has 1 atom stereocenters. The number of aryl methyl sites for hydroxylation is 2. The summed E-state index contributed by atoms with van der Waals surface area (Å²) < 4.78 is 0. The highest BCUT2D eigenvalue weighted by atomic mass is 32.2. The van der Waals surface area contributed by atoms with E-state index in [-0.39, 0.29) is 12.3 Å². The van der Waals surface area contributed by atoms with E-state index in [2.05, 4.69) is 15.3 Å². The summed E-state index contributed by atoms with van der Waals surface area (Å²) >= 11 is 1.48. The van der Waals surface area contributed by atoms with E-state index < -0.39 is 12.0 Å². The maximum Gasteiger partial charge on any atom is 0.325 e. The van der Waals surface area contributed by atoms with Crippen LogP contribution >= 0.6 is 11.8 Å². The Morgan fingerprint density at radius 2 is 1.85 bits per heavy atom. The molecule has 20 heavy (non-hydrogen) atoms. The minimum atomic E-state index is -1.04. The standard InChI is InChI=1S/C13H19N3O3S/c1-7-10(8(2)16-13(15-7)20-4)5-6-11(17)14-9(3)12(18)19/h9H,5-6H2,1-4H3,(H,14,17)(H,18,19)/t9-/m0/s1. The number of carboxylic acid groups (broad SMARTS) is 1. The second kappa shape index (κ2) is 7.23. The summed E-state index contributed by atoms with van der Waals surface area (Å²) in [5, 5.41) is 11.9. The van der Waals surface area contributed by atoms with E-state index in [9.17, 15) is 9.59 Å². The maximum atomic E-state index is 11.7. The van der Waals surface area contributed by atoms with E-state index in [0.717, 1.165) is 17.0 Å². The summed E-state index contributed by atoms with van der Waals surface area (Å²) in [6.45, 7) is 5.22. The number of hydrogen-bond donors (Lipinski definition) is 2. The van der Waals surface area contributed by atoms with Gasteiger partial charge in [-0.2, -0.15) is 0 Å². The van der Waals surface area contributed by atoms with Gasteiger partial charge in [0.15, 0.2) is 5.16 Å². The number of aliphatic carboxylic acids is 1. The number of amides is 1. The van der Waals surface area contributed by atoms with Gasteiger partial charge in [-0.3, -0.25) is 9.59 Å². The van der Waals surface area contributed by atoms with Gasteiger partial charge in [0.25, 0.3) is 0 Å². The van der Waals surface area contributed by atoms with Gasteiger partial charge in [0.05, 0.1) is 0 Å². The molecule has 0 aliphatic carbocycles. The number of carboxylic acids is 1. The van der Waals surface area contributed by atoms with Crippen molar-refractivity contribution in [2.45, 2.75) is 44.8 Å². The van der Waals surface area contributed by atoms with E-state index in [1.165, 1.54) is 18.7 Å². The van der Waals surface area contributed by atoms with Crippen LogP contribution in [0.5, 0.6) is 0 Å². The van der Waals surface area contributed by atoms with Crippen molar-refractivity contribution in [2.75, 3.05) is 6.26 Å². The smallest absolute Gasteiger partial charge is 0.325 e. The molecule has 0 aliphatic rings. The van der Waals surface area contributed by atoms with Crippen LogP contribution in [0.1, 0.15) is 30.3 Å². The lowest BCUT2D eigenvalue weighted by Crippen LogP contribution is -2.38. The van der Waals surface area contributed by atoms with Crippen molar-refractivity contribution >= 4 is 23.6 Å². The van der Waals surface area contributed by atoms with Crippen LogP contribution in [0.2, 0.25) is 0 Å². The van der Waals surface area contributed by atoms with Crippen LogP contribution in [0.3, 0.4) is 0 Å². The van der Waals surface area contributed by atoms with Crippen molar-refractivity contribution in [1.82, 2.24) is 15.3 Å². The topological polar surface area (TPSA) is 92.2 Å². The first kappa shape index (κ1) is 16.4. The predicted octanol–water partition coefficient (Wildman–Crippen LogP) is 1.34. The molecule has 1 amide bonds. The lowest BCUT2D eigenvalue weighted by atomic mass is 10.1. The summed E-state index contributed by atoms with van der Waals surface area (Å²) in [6.07, 6.45) is 2.64. The Labute approximate surface area is 122 Å². The van der Waals surface area contributed by atoms with Crippen molar-refractivity contribution in [3.63, 3.8) is 0 Å². The van der Waals surface area contributed by atoms with Crippen LogP contribution in [0, 0.1) is 13.8 Å². The molecule has 6 nitrogen and oxygen atoms in total. The molecule has 0 saturated carbocycles. The van der Waals surface area contributed by atoms with Crippen molar-refractivity contribution in [3.05, 3.63) is 17.0 Å². The van der Waals surface area contributed by atoms with Crippen molar-refractivity contribution in [1.29, 1.82) is 0 Å². The number of nitrogens with zero attached hydrogens (tertiary/aromatic N) is 2. The first-order chi connectivity index (χ1) is 9.35. The Bertz CT molecular complexity index is 497. The molecule has 0 spiro atoms. The highest BCUT2D eigenvalue weighted by molar-refractivity contribution is 7.98. The third-order valence-electron chi connectivity index (χ3n) is 2.93. The molecule has 1 heterocycles. The molecule has 1 aromatic rings. The van der Waals surface area contributed by atoms with Gasteiger partial charge in [-0.15, -0.1) is 0 Å². The molecular weight excluding hydrogens is 278 g/mol. The molecule has 2 N–H and O–H groups in total. The fourth-order valence-electron chi connectivity index (χ4n) is 1.78. The molecule has 1 rings (SSSR count). The van der Waals surface area contributed by atoms with Gasteiger partial charge in [-0.05, 0) is 39.0 Å². The van der Waals surface area contributed by atoms with Gasteiger partial charge in [0, 0.05) is 17.8 Å². The summed E-state index contributed by atoms with van der Waals surface area (Å²) in [4.78, 5) is 31.0. The zero-order chi connectivity index (χ0) is 15.3. The van der Waals surface area contributed by atoms with E-state index in [0.29, 0.717) is 11.6 Å². The molecule has 1 aromatic heterocycles. The molecule has 0 fully saturated rings. The highest BCUT2D eigenvalue weighted by Crippen LogP contribution is 2.17.